The topological polar surface area (TPSA) is 17.1 Å². The lowest BCUT2D eigenvalue weighted by molar-refractivity contribution is 0.0967. The highest BCUT2D eigenvalue weighted by atomic mass is 35.5. The number of rotatable bonds is 5. The van der Waals surface area contributed by atoms with Crippen LogP contribution < -0.4 is 0 Å². The van der Waals surface area contributed by atoms with Gasteiger partial charge in [-0.1, -0.05) is 36.4 Å². The smallest absolute Gasteiger partial charge is 0.165 e. The largest absolute Gasteiger partial charge is 0.294 e. The summed E-state index contributed by atoms with van der Waals surface area (Å²) in [5.41, 5.74) is 1.97. The number of hydrogen-bond acceptors (Lipinski definition) is 1. The fourth-order valence-corrected chi connectivity index (χ4v) is 1.75. The predicted octanol–water partition coefficient (Wildman–Crippen LogP) is 3.92. The number of carbonyl (C=O) groups is 1. The molecule has 84 valence electrons. The summed E-state index contributed by atoms with van der Waals surface area (Å²) in [5.74, 6) is 1.25. The molecule has 1 aliphatic rings. The average molecular weight is 235 g/mol. The van der Waals surface area contributed by atoms with Gasteiger partial charge in [0.25, 0.3) is 0 Å². The van der Waals surface area contributed by atoms with Crippen molar-refractivity contribution in [3.8, 4) is 0 Å². The van der Waals surface area contributed by atoms with Crippen molar-refractivity contribution in [1.82, 2.24) is 0 Å². The van der Waals surface area contributed by atoms with Gasteiger partial charge in [-0.15, -0.1) is 11.6 Å². The molecule has 0 radical (unpaired) electrons. The van der Waals surface area contributed by atoms with E-state index in [9.17, 15) is 4.79 Å². The second-order valence-electron chi connectivity index (χ2n) is 4.14. The molecular weight excluding hydrogens is 220 g/mol. The highest BCUT2D eigenvalue weighted by molar-refractivity contribution is 6.17. The maximum atomic E-state index is 11.7. The molecule has 0 aromatic heterocycles. The number of ketones is 1. The highest BCUT2D eigenvalue weighted by Crippen LogP contribution is 2.32. The van der Waals surface area contributed by atoms with E-state index < -0.39 is 0 Å². The molecule has 1 aromatic carbocycles. The molecule has 0 unspecified atom stereocenters. The van der Waals surface area contributed by atoms with Crippen molar-refractivity contribution in [1.29, 1.82) is 0 Å². The fourth-order valence-electron chi connectivity index (χ4n) is 1.62. The molecule has 0 saturated heterocycles. The van der Waals surface area contributed by atoms with Gasteiger partial charge in [-0.2, -0.15) is 0 Å². The van der Waals surface area contributed by atoms with E-state index in [-0.39, 0.29) is 0 Å². The molecule has 1 saturated carbocycles. The van der Waals surface area contributed by atoms with Crippen LogP contribution in [0.1, 0.15) is 35.2 Å². The third kappa shape index (κ3) is 2.96. The molecule has 0 heterocycles. The van der Waals surface area contributed by atoms with Crippen LogP contribution >= 0.6 is 11.6 Å². The first-order chi connectivity index (χ1) is 7.81. The molecule has 0 aliphatic heterocycles. The van der Waals surface area contributed by atoms with Gasteiger partial charge >= 0.3 is 0 Å². The lowest BCUT2D eigenvalue weighted by Gasteiger charge is -1.99. The molecule has 0 amide bonds. The normalized spacial score (nSPS) is 15.6. The van der Waals surface area contributed by atoms with Crippen LogP contribution in [-0.4, -0.2) is 11.7 Å². The molecule has 2 rings (SSSR count). The average Bonchev–Trinajstić information content (AvgIpc) is 3.13. The molecule has 0 spiro atoms. The Hall–Kier alpha value is -1.08. The van der Waals surface area contributed by atoms with Gasteiger partial charge in [0, 0.05) is 17.4 Å². The van der Waals surface area contributed by atoms with Crippen LogP contribution in [0.2, 0.25) is 0 Å². The molecule has 1 aromatic rings. The van der Waals surface area contributed by atoms with Crippen molar-refractivity contribution < 1.29 is 4.79 Å². The molecule has 0 atom stereocenters. The zero-order valence-electron chi connectivity index (χ0n) is 9.16. The first-order valence-corrected chi connectivity index (χ1v) is 6.21. The van der Waals surface area contributed by atoms with Crippen molar-refractivity contribution >= 4 is 23.5 Å². The Bertz CT molecular complexity index is 388. The Kier molecular flexibility index (Phi) is 3.79. The number of benzene rings is 1. The first kappa shape index (κ1) is 11.4. The summed E-state index contributed by atoms with van der Waals surface area (Å²) >= 11 is 5.58. The maximum Gasteiger partial charge on any atom is 0.165 e. The van der Waals surface area contributed by atoms with Gasteiger partial charge in [-0.05, 0) is 24.8 Å². The van der Waals surface area contributed by atoms with Crippen LogP contribution in [0.5, 0.6) is 0 Å². The Morgan fingerprint density at radius 1 is 1.31 bits per heavy atom. The third-order valence-corrected chi connectivity index (χ3v) is 2.95. The molecular formula is C14H15ClO. The Morgan fingerprint density at radius 3 is 2.56 bits per heavy atom. The van der Waals surface area contributed by atoms with Gasteiger partial charge in [-0.25, -0.2) is 0 Å². The SMILES string of the molecule is O=C(c1ccc(C=CCCCl)cc1)C1CC1. The lowest BCUT2D eigenvalue weighted by Crippen LogP contribution is -2.00. The van der Waals surface area contributed by atoms with Crippen molar-refractivity contribution in [3.05, 3.63) is 41.5 Å². The molecule has 16 heavy (non-hydrogen) atoms. The number of carbonyl (C=O) groups excluding carboxylic acids is 1. The standard InChI is InChI=1S/C14H15ClO/c15-10-2-1-3-11-4-6-12(7-5-11)14(16)13-8-9-13/h1,3-7,13H,2,8-10H2. The van der Waals surface area contributed by atoms with Crippen LogP contribution in [0, 0.1) is 5.92 Å². The van der Waals surface area contributed by atoms with Gasteiger partial charge in [0.05, 0.1) is 0 Å². The third-order valence-electron chi connectivity index (χ3n) is 2.73. The van der Waals surface area contributed by atoms with Crippen molar-refractivity contribution in [3.63, 3.8) is 0 Å². The van der Waals surface area contributed by atoms with Gasteiger partial charge in [0.15, 0.2) is 5.78 Å². The maximum absolute atomic E-state index is 11.7. The van der Waals surface area contributed by atoms with Gasteiger partial charge in [0.1, 0.15) is 0 Å². The van der Waals surface area contributed by atoms with Gasteiger partial charge in [0.2, 0.25) is 0 Å². The monoisotopic (exact) mass is 234 g/mol. The zero-order chi connectivity index (χ0) is 11.4. The van der Waals surface area contributed by atoms with Crippen molar-refractivity contribution in [2.75, 3.05) is 5.88 Å². The summed E-state index contributed by atoms with van der Waals surface area (Å²) in [6, 6.07) is 7.81. The summed E-state index contributed by atoms with van der Waals surface area (Å²) in [7, 11) is 0. The van der Waals surface area contributed by atoms with Crippen LogP contribution in [0.15, 0.2) is 30.3 Å². The van der Waals surface area contributed by atoms with E-state index in [1.165, 1.54) is 0 Å². The predicted molar refractivity (Wildman–Crippen MR) is 67.9 cm³/mol. The Balaban J connectivity index is 2.01. The molecule has 1 fully saturated rings. The van der Waals surface area contributed by atoms with E-state index in [1.54, 1.807) is 0 Å². The van der Waals surface area contributed by atoms with E-state index >= 15 is 0 Å². The zero-order valence-corrected chi connectivity index (χ0v) is 9.91. The quantitative estimate of drug-likeness (QED) is 0.558. The summed E-state index contributed by atoms with van der Waals surface area (Å²) in [6.07, 6.45) is 7.09. The summed E-state index contributed by atoms with van der Waals surface area (Å²) in [5, 5.41) is 0. The highest BCUT2D eigenvalue weighted by Gasteiger charge is 2.30. The van der Waals surface area contributed by atoms with Gasteiger partial charge < -0.3 is 0 Å². The molecule has 1 nitrogen and oxygen atoms in total. The first-order valence-electron chi connectivity index (χ1n) is 5.68. The van der Waals surface area contributed by atoms with Crippen LogP contribution in [-0.2, 0) is 0 Å². The van der Waals surface area contributed by atoms with E-state index in [4.69, 9.17) is 11.6 Å². The number of hydrogen-bond donors (Lipinski definition) is 0. The molecule has 1 aliphatic carbocycles. The summed E-state index contributed by atoms with van der Waals surface area (Å²) < 4.78 is 0. The number of halogens is 1. The van der Waals surface area contributed by atoms with Crippen LogP contribution in [0.4, 0.5) is 0 Å². The van der Waals surface area contributed by atoms with E-state index in [0.717, 1.165) is 30.4 Å². The summed E-state index contributed by atoms with van der Waals surface area (Å²) in [4.78, 5) is 11.7. The van der Waals surface area contributed by atoms with Crippen LogP contribution in [0.25, 0.3) is 6.08 Å². The van der Waals surface area contributed by atoms with E-state index in [0.29, 0.717) is 17.6 Å². The van der Waals surface area contributed by atoms with E-state index in [1.807, 2.05) is 36.4 Å². The van der Waals surface area contributed by atoms with Crippen molar-refractivity contribution in [2.45, 2.75) is 19.3 Å². The second kappa shape index (κ2) is 5.31. The van der Waals surface area contributed by atoms with Crippen molar-refractivity contribution in [2.24, 2.45) is 5.92 Å². The van der Waals surface area contributed by atoms with E-state index in [2.05, 4.69) is 0 Å². The summed E-state index contributed by atoms with van der Waals surface area (Å²) in [6.45, 7) is 0. The molecule has 0 bridgehead atoms. The minimum absolute atomic E-state index is 0.302. The number of Topliss-reactive ketones (excluding diaryl/α,β-unsaturated/α-hetero) is 1. The molecule has 2 heteroatoms. The Labute approximate surface area is 101 Å². The second-order valence-corrected chi connectivity index (χ2v) is 4.52. The molecule has 0 N–H and O–H groups in total. The Morgan fingerprint density at radius 2 is 2.00 bits per heavy atom. The lowest BCUT2D eigenvalue weighted by atomic mass is 10.0. The number of allylic oxidation sites excluding steroid dienone is 1. The minimum atomic E-state index is 0.302. The number of alkyl halides is 1. The van der Waals surface area contributed by atoms with Crippen LogP contribution in [0.3, 0.4) is 0 Å². The van der Waals surface area contributed by atoms with Gasteiger partial charge in [-0.3, -0.25) is 4.79 Å². The minimum Gasteiger partial charge on any atom is -0.294 e. The fraction of sp³-hybridized carbons (Fsp3) is 0.357.